The number of benzene rings is 1. The van der Waals surface area contributed by atoms with E-state index in [0.29, 0.717) is 22.9 Å². The van der Waals surface area contributed by atoms with Crippen LogP contribution in [0.2, 0.25) is 5.02 Å². The van der Waals surface area contributed by atoms with E-state index in [1.54, 1.807) is 47.7 Å². The molecule has 26 heavy (non-hydrogen) atoms. The molecule has 0 radical (unpaired) electrons. The third kappa shape index (κ3) is 3.02. The van der Waals surface area contributed by atoms with Gasteiger partial charge in [0.1, 0.15) is 11.9 Å². The number of thiophene rings is 1. The van der Waals surface area contributed by atoms with Crippen LogP contribution >= 0.6 is 22.9 Å². The Bertz CT molecular complexity index is 946. The van der Waals surface area contributed by atoms with Gasteiger partial charge in [0, 0.05) is 16.8 Å². The lowest BCUT2D eigenvalue weighted by Crippen LogP contribution is -2.31. The molecule has 0 aliphatic carbocycles. The van der Waals surface area contributed by atoms with Crippen LogP contribution in [-0.4, -0.2) is 22.9 Å². The zero-order valence-electron chi connectivity index (χ0n) is 14.0. The number of methoxy groups -OCH3 is 1. The van der Waals surface area contributed by atoms with Gasteiger partial charge in [-0.3, -0.25) is 9.78 Å². The summed E-state index contributed by atoms with van der Waals surface area (Å²) in [5.41, 5.74) is 2.14. The summed E-state index contributed by atoms with van der Waals surface area (Å²) < 4.78 is 5.20. The number of hydrogen-bond donors (Lipinski definition) is 1. The molecule has 5 nitrogen and oxygen atoms in total. The smallest absolute Gasteiger partial charge is 0.258 e. The number of aromatic nitrogens is 1. The van der Waals surface area contributed by atoms with E-state index in [-0.39, 0.29) is 12.1 Å². The van der Waals surface area contributed by atoms with Crippen molar-refractivity contribution in [2.45, 2.75) is 12.7 Å². The summed E-state index contributed by atoms with van der Waals surface area (Å²) in [5, 5.41) is 5.90. The molecule has 1 amide bonds. The van der Waals surface area contributed by atoms with Crippen molar-refractivity contribution >= 4 is 34.5 Å². The lowest BCUT2D eigenvalue weighted by atomic mass is 10.2. The molecule has 1 N–H and O–H groups in total. The molecule has 0 spiro atoms. The van der Waals surface area contributed by atoms with Crippen LogP contribution < -0.4 is 10.1 Å². The number of hydrogen-bond acceptors (Lipinski definition) is 5. The van der Waals surface area contributed by atoms with E-state index in [2.05, 4.69) is 10.3 Å². The van der Waals surface area contributed by atoms with Crippen molar-refractivity contribution < 1.29 is 9.53 Å². The van der Waals surface area contributed by atoms with E-state index in [0.717, 1.165) is 16.3 Å². The first-order valence-electron chi connectivity index (χ1n) is 8.05. The summed E-state index contributed by atoms with van der Waals surface area (Å²) in [4.78, 5) is 20.2. The highest BCUT2D eigenvalue weighted by Crippen LogP contribution is 2.36. The van der Waals surface area contributed by atoms with Crippen molar-refractivity contribution in [2.24, 2.45) is 0 Å². The topological polar surface area (TPSA) is 54.5 Å². The molecule has 3 aromatic rings. The average Bonchev–Trinajstić information content (AvgIpc) is 3.25. The highest BCUT2D eigenvalue weighted by molar-refractivity contribution is 7.09. The summed E-state index contributed by atoms with van der Waals surface area (Å²) in [6, 6.07) is 13.1. The molecule has 7 heteroatoms. The number of nitrogens with one attached hydrogen (secondary N) is 1. The maximum absolute atomic E-state index is 12.9. The number of rotatable bonds is 5. The van der Waals surface area contributed by atoms with Crippen LogP contribution in [0.25, 0.3) is 0 Å². The normalized spacial score (nSPS) is 15.8. The van der Waals surface area contributed by atoms with E-state index >= 15 is 0 Å². The molecule has 3 heterocycles. The molecule has 1 atom stereocenters. The Morgan fingerprint density at radius 3 is 2.92 bits per heavy atom. The maximum Gasteiger partial charge on any atom is 0.258 e. The molecule has 1 unspecified atom stereocenters. The molecule has 1 aliphatic heterocycles. The molecule has 0 saturated carbocycles. The SMILES string of the molecule is COc1ccc(NC2c3ncccc3C(=O)N2Cc2cccs2)cc1Cl. The number of halogens is 1. The molecule has 1 aromatic carbocycles. The van der Waals surface area contributed by atoms with Crippen molar-refractivity contribution in [3.63, 3.8) is 0 Å². The number of anilines is 1. The van der Waals surface area contributed by atoms with Gasteiger partial charge < -0.3 is 15.0 Å². The number of fused-ring (bicyclic) bond motifs is 1. The Labute approximate surface area is 160 Å². The van der Waals surface area contributed by atoms with E-state index in [4.69, 9.17) is 16.3 Å². The Kier molecular flexibility index (Phi) is 4.53. The molecule has 0 bridgehead atoms. The van der Waals surface area contributed by atoms with Gasteiger partial charge in [-0.15, -0.1) is 11.3 Å². The first-order valence-corrected chi connectivity index (χ1v) is 9.31. The monoisotopic (exact) mass is 385 g/mol. The van der Waals surface area contributed by atoms with Gasteiger partial charge >= 0.3 is 0 Å². The van der Waals surface area contributed by atoms with Gasteiger partial charge in [0.25, 0.3) is 5.91 Å². The maximum atomic E-state index is 12.9. The molecular weight excluding hydrogens is 370 g/mol. The van der Waals surface area contributed by atoms with Gasteiger partial charge in [0.15, 0.2) is 0 Å². The number of nitrogens with zero attached hydrogens (tertiary/aromatic N) is 2. The van der Waals surface area contributed by atoms with Gasteiger partial charge in [-0.25, -0.2) is 0 Å². The van der Waals surface area contributed by atoms with Gasteiger partial charge in [-0.2, -0.15) is 0 Å². The van der Waals surface area contributed by atoms with E-state index in [1.165, 1.54) is 0 Å². The number of ether oxygens (including phenoxy) is 1. The van der Waals surface area contributed by atoms with Crippen molar-refractivity contribution in [3.05, 3.63) is 75.2 Å². The Hall–Kier alpha value is -2.57. The van der Waals surface area contributed by atoms with Crippen molar-refractivity contribution in [1.29, 1.82) is 0 Å². The lowest BCUT2D eigenvalue weighted by molar-refractivity contribution is 0.0729. The number of amides is 1. The van der Waals surface area contributed by atoms with Gasteiger partial charge in [0.05, 0.1) is 29.9 Å². The number of pyridine rings is 1. The zero-order chi connectivity index (χ0) is 18.1. The Morgan fingerprint density at radius 2 is 2.19 bits per heavy atom. The summed E-state index contributed by atoms with van der Waals surface area (Å²) in [6.45, 7) is 0.522. The minimum Gasteiger partial charge on any atom is -0.495 e. The summed E-state index contributed by atoms with van der Waals surface area (Å²) in [6.07, 6.45) is 1.35. The fourth-order valence-corrected chi connectivity index (χ4v) is 3.99. The first kappa shape index (κ1) is 16.9. The van der Waals surface area contributed by atoms with E-state index in [1.807, 2.05) is 29.6 Å². The van der Waals surface area contributed by atoms with Crippen molar-refractivity contribution in [2.75, 3.05) is 12.4 Å². The third-order valence-electron chi connectivity index (χ3n) is 4.26. The Morgan fingerprint density at radius 1 is 1.31 bits per heavy atom. The van der Waals surface area contributed by atoms with Crippen molar-refractivity contribution in [1.82, 2.24) is 9.88 Å². The molecule has 0 fully saturated rings. The van der Waals surface area contributed by atoms with Crippen LogP contribution in [0.15, 0.2) is 54.0 Å². The van der Waals surface area contributed by atoms with Crippen LogP contribution in [0, 0.1) is 0 Å². The molecule has 0 saturated heterocycles. The predicted molar refractivity (Wildman–Crippen MR) is 103 cm³/mol. The van der Waals surface area contributed by atoms with Crippen molar-refractivity contribution in [3.8, 4) is 5.75 Å². The second kappa shape index (κ2) is 6.97. The quantitative estimate of drug-likeness (QED) is 0.698. The molecule has 2 aromatic heterocycles. The minimum absolute atomic E-state index is 0.0291. The molecule has 4 rings (SSSR count). The fraction of sp³-hybridized carbons (Fsp3) is 0.158. The second-order valence-corrected chi connectivity index (χ2v) is 7.28. The molecule has 132 valence electrons. The van der Waals surface area contributed by atoms with Crippen LogP contribution in [0.1, 0.15) is 27.1 Å². The van der Waals surface area contributed by atoms with Crippen LogP contribution in [0.5, 0.6) is 5.75 Å². The molecule has 1 aliphatic rings. The summed E-state index contributed by atoms with van der Waals surface area (Å²) in [7, 11) is 1.58. The number of carbonyl (C=O) groups is 1. The van der Waals surface area contributed by atoms with Gasteiger partial charge in [-0.1, -0.05) is 17.7 Å². The molecular formula is C19H16ClN3O2S. The highest BCUT2D eigenvalue weighted by Gasteiger charge is 2.38. The summed E-state index contributed by atoms with van der Waals surface area (Å²) >= 11 is 7.86. The van der Waals surface area contributed by atoms with Gasteiger partial charge in [-0.05, 0) is 41.8 Å². The minimum atomic E-state index is -0.356. The standard InChI is InChI=1S/C19H16ClN3O2S/c1-25-16-7-6-12(10-15(16)20)22-18-17-14(5-2-8-21-17)19(24)23(18)11-13-4-3-9-26-13/h2-10,18,22H,11H2,1H3. The van der Waals surface area contributed by atoms with Crippen LogP contribution in [-0.2, 0) is 6.54 Å². The lowest BCUT2D eigenvalue weighted by Gasteiger charge is -2.26. The average molecular weight is 386 g/mol. The third-order valence-corrected chi connectivity index (χ3v) is 5.42. The highest BCUT2D eigenvalue weighted by atomic mass is 35.5. The first-order chi connectivity index (χ1) is 12.7. The largest absolute Gasteiger partial charge is 0.495 e. The second-order valence-electron chi connectivity index (χ2n) is 5.84. The zero-order valence-corrected chi connectivity index (χ0v) is 15.6. The summed E-state index contributed by atoms with van der Waals surface area (Å²) in [5.74, 6) is 0.576. The van der Waals surface area contributed by atoms with E-state index in [9.17, 15) is 4.79 Å². The number of carbonyl (C=O) groups excluding carboxylic acids is 1. The van der Waals surface area contributed by atoms with E-state index < -0.39 is 0 Å². The predicted octanol–water partition coefficient (Wildman–Crippen LogP) is 4.57. The van der Waals surface area contributed by atoms with Crippen LogP contribution in [0.3, 0.4) is 0 Å². The van der Waals surface area contributed by atoms with Crippen LogP contribution in [0.4, 0.5) is 5.69 Å². The Balaban J connectivity index is 1.68. The fourth-order valence-electron chi connectivity index (χ4n) is 3.03. The van der Waals surface area contributed by atoms with Gasteiger partial charge in [0.2, 0.25) is 0 Å².